The zero-order chi connectivity index (χ0) is 6.28. The van der Waals surface area contributed by atoms with Crippen molar-refractivity contribution in [3.63, 3.8) is 0 Å². The van der Waals surface area contributed by atoms with E-state index in [9.17, 15) is 0 Å². The molecule has 7 heavy (non-hydrogen) atoms. The molecule has 3 N–H and O–H groups in total. The average molecular weight is 119 g/mol. The van der Waals surface area contributed by atoms with Gasteiger partial charge in [-0.25, -0.2) is 0 Å². The van der Waals surface area contributed by atoms with Crippen molar-refractivity contribution in [2.45, 2.75) is 6.92 Å². The van der Waals surface area contributed by atoms with Crippen LogP contribution < -0.4 is 9.82 Å². The molecule has 0 aromatic carbocycles. The first-order valence-electron chi connectivity index (χ1n) is 1.50. The number of rotatable bonds is 0. The van der Waals surface area contributed by atoms with Gasteiger partial charge in [-0.3, -0.25) is 0 Å². The average Bonchev–Trinajstić information content (AvgIpc) is 1.33. The summed E-state index contributed by atoms with van der Waals surface area (Å²) >= 11 is -0.750. The van der Waals surface area contributed by atoms with Crippen LogP contribution in [0, 0.1) is 0 Å². The summed E-state index contributed by atoms with van der Waals surface area (Å²) < 4.78 is 11.9. The van der Waals surface area contributed by atoms with Crippen LogP contribution in [-0.2, 0) is 4.79 Å². The van der Waals surface area contributed by atoms with Crippen molar-refractivity contribution < 1.29 is 14.1 Å². The fourth-order valence-corrected chi connectivity index (χ4v) is 0. The minimum absolute atomic E-state index is 0.750. The van der Waals surface area contributed by atoms with Crippen LogP contribution in [0.2, 0.25) is 0 Å². The van der Waals surface area contributed by atoms with Crippen molar-refractivity contribution in [1.29, 1.82) is 0 Å². The van der Waals surface area contributed by atoms with E-state index >= 15 is 0 Å². The maximum atomic E-state index is 8.89. The number of carbonyl (C=O) groups excluding carboxylic acids is 1. The fraction of sp³-hybridized carbons (Fsp3) is 0.500. The van der Waals surface area contributed by atoms with Crippen LogP contribution in [0.3, 0.4) is 0 Å². The van der Waals surface area contributed by atoms with Crippen LogP contribution in [-0.4, -0.2) is 25.9 Å². The van der Waals surface area contributed by atoms with Crippen molar-refractivity contribution in [2.75, 3.05) is 0 Å². The molecule has 0 atom stereocenters. The molecule has 0 spiro atoms. The van der Waals surface area contributed by atoms with Gasteiger partial charge in [0.05, 0.1) is 0 Å². The van der Waals surface area contributed by atoms with Crippen LogP contribution in [0.15, 0.2) is 0 Å². The number of aliphatic carboxylic acids is 1. The number of carbonyl (C=O) groups is 1. The summed E-state index contributed by atoms with van der Waals surface area (Å²) in [5.74, 6) is -1.08. The minimum atomic E-state index is -1.08. The van der Waals surface area contributed by atoms with Gasteiger partial charge in [0.25, 0.3) is 0 Å². The molecule has 4 nitrogen and oxygen atoms in total. The molecule has 0 fully saturated rings. The number of hydrogen-bond donors (Lipinski definition) is 2. The van der Waals surface area contributed by atoms with E-state index in [2.05, 4.69) is 4.72 Å². The van der Waals surface area contributed by atoms with Gasteiger partial charge in [0.1, 0.15) is 0 Å². The third kappa shape index (κ3) is 15200. The Morgan fingerprint density at radius 1 is 2.00 bits per heavy atom. The zero-order valence-electron chi connectivity index (χ0n) is 3.92. The number of nitrogens with two attached hydrogens (primary N) is 1. The summed E-state index contributed by atoms with van der Waals surface area (Å²) in [4.78, 5) is 8.89. The first kappa shape index (κ1) is 10.0. The topological polar surface area (TPSA) is 86.4 Å². The molecule has 0 aliphatic carbocycles. The number of carboxylic acid groups (broad SMARTS) is 1. The van der Waals surface area contributed by atoms with Gasteiger partial charge < -0.3 is 9.90 Å². The van der Waals surface area contributed by atoms with E-state index < -0.39 is 21.7 Å². The van der Waals surface area contributed by atoms with E-state index in [1.165, 1.54) is 0 Å². The predicted octanol–water partition coefficient (Wildman–Crippen LogP) is -2.77. The van der Waals surface area contributed by atoms with E-state index in [4.69, 9.17) is 14.1 Å². The maximum absolute atomic E-state index is 8.89. The Morgan fingerprint density at radius 3 is 2.00 bits per heavy atom. The Labute approximate surface area is 48.2 Å². The van der Waals surface area contributed by atoms with Gasteiger partial charge in [-0.15, -0.1) is 0 Å². The first-order chi connectivity index (χ1) is 3.15. The number of hydrogen-bond acceptors (Lipinski definition) is 4. The van der Waals surface area contributed by atoms with E-state index in [0.717, 1.165) is 6.92 Å². The molecule has 0 heterocycles. The Kier molecular flexibility index (Phi) is 13.4. The van der Waals surface area contributed by atoms with Crippen molar-refractivity contribution in [3.05, 3.63) is 0 Å². The van der Waals surface area contributed by atoms with E-state index in [1.807, 2.05) is 0 Å². The molecule has 0 saturated carbocycles. The summed E-state index contributed by atoms with van der Waals surface area (Å²) in [5, 5.41) is 8.89. The standard InChI is InChI=1S/C2H4O2.Al.H2N.H2O/c1-2(3)4;;;/h1H3,(H,3,4);;2*1H2/q;+3;-1;/p-2. The second-order valence-corrected chi connectivity index (χ2v) is 0.939. The molecule has 0 unspecified atom stereocenters. The first-order valence-corrected chi connectivity index (χ1v) is 2.68. The van der Waals surface area contributed by atoms with Crippen LogP contribution in [0.25, 0.3) is 0 Å². The SMILES string of the molecule is CC(=O)[O-].[NH2][Al+][OH]. The molecule has 0 aromatic heterocycles. The quantitative estimate of drug-likeness (QED) is 0.338. The molecule has 0 saturated heterocycles. The Morgan fingerprint density at radius 2 is 2.00 bits per heavy atom. The third-order valence-electron chi connectivity index (χ3n) is 0. The number of carboxylic acids is 1. The molecule has 0 rings (SSSR count). The fourth-order valence-electron chi connectivity index (χ4n) is 0. The van der Waals surface area contributed by atoms with Gasteiger partial charge in [-0.1, -0.05) is 0 Å². The Hall–Kier alpha value is -0.0775. The van der Waals surface area contributed by atoms with E-state index in [1.54, 1.807) is 0 Å². The summed E-state index contributed by atoms with van der Waals surface area (Å²) in [7, 11) is 0. The molecule has 0 aromatic rings. The van der Waals surface area contributed by atoms with Crippen LogP contribution in [0.1, 0.15) is 6.92 Å². The Bertz CT molecular complexity index is 44.2. The summed E-state index contributed by atoms with van der Waals surface area (Å²) in [5.41, 5.74) is 0. The molecule has 40 valence electrons. The summed E-state index contributed by atoms with van der Waals surface area (Å²) in [6, 6.07) is 0. The van der Waals surface area contributed by atoms with Gasteiger partial charge in [0.2, 0.25) is 0 Å². The predicted molar refractivity (Wildman–Crippen MR) is 22.8 cm³/mol. The molecule has 0 bridgehead atoms. The molecule has 0 radical (unpaired) electrons. The monoisotopic (exact) mass is 119 g/mol. The Balaban J connectivity index is 0. The van der Waals surface area contributed by atoms with Crippen molar-refractivity contribution in [2.24, 2.45) is 4.72 Å². The van der Waals surface area contributed by atoms with Gasteiger partial charge >= 0.3 is 24.6 Å². The van der Waals surface area contributed by atoms with Crippen molar-refractivity contribution in [3.8, 4) is 0 Å². The third-order valence-corrected chi connectivity index (χ3v) is 0. The molecule has 0 aliphatic heterocycles. The van der Waals surface area contributed by atoms with Gasteiger partial charge in [0, 0.05) is 5.97 Å². The van der Waals surface area contributed by atoms with Gasteiger partial charge in [0.15, 0.2) is 0 Å². The summed E-state index contributed by atoms with van der Waals surface area (Å²) in [6.45, 7) is 0.972. The van der Waals surface area contributed by atoms with E-state index in [0.29, 0.717) is 0 Å². The molecule has 5 heteroatoms. The second-order valence-electron chi connectivity index (χ2n) is 0.641. The molecule has 0 amide bonds. The zero-order valence-corrected chi connectivity index (χ0v) is 5.07. The van der Waals surface area contributed by atoms with Gasteiger partial charge in [-0.2, -0.15) is 0 Å². The van der Waals surface area contributed by atoms with Crippen molar-refractivity contribution in [1.82, 2.24) is 0 Å². The van der Waals surface area contributed by atoms with Crippen LogP contribution in [0.5, 0.6) is 0 Å². The van der Waals surface area contributed by atoms with Crippen LogP contribution >= 0.6 is 0 Å². The molecule has 0 aliphatic rings. The summed E-state index contributed by atoms with van der Waals surface area (Å²) in [6.07, 6.45) is 0. The van der Waals surface area contributed by atoms with Crippen LogP contribution in [0.4, 0.5) is 0 Å². The van der Waals surface area contributed by atoms with E-state index in [-0.39, 0.29) is 0 Å². The van der Waals surface area contributed by atoms with Crippen molar-refractivity contribution >= 4 is 21.7 Å². The normalized spacial score (nSPS) is 5.00. The molecular formula is C2H6AlNO3. The van der Waals surface area contributed by atoms with Gasteiger partial charge in [-0.05, 0) is 6.92 Å². The second kappa shape index (κ2) is 9.33. The molecular weight excluding hydrogens is 113 g/mol.